The third-order valence-electron chi connectivity index (χ3n) is 3.32. The monoisotopic (exact) mass is 282 g/mol. The molecule has 0 fully saturated rings. The predicted molar refractivity (Wildman–Crippen MR) is 84.5 cm³/mol. The molecule has 2 heteroatoms. The topological polar surface area (TPSA) is 9.23 Å². The Labute approximate surface area is 123 Å². The maximum atomic E-state index is 6.12. The molecule has 0 aliphatic heterocycles. The van der Waals surface area contributed by atoms with E-state index in [2.05, 4.69) is 37.3 Å². The molecule has 3 aromatic carbocycles. The molecule has 0 bridgehead atoms. The van der Waals surface area contributed by atoms with Crippen molar-refractivity contribution < 1.29 is 4.74 Å². The molecule has 0 radical (unpaired) electrons. The minimum absolute atomic E-state index is 0.483. The lowest BCUT2D eigenvalue weighted by Crippen LogP contribution is -1.96. The minimum atomic E-state index is 0.483. The largest absolute Gasteiger partial charge is 0.489 e. The summed E-state index contributed by atoms with van der Waals surface area (Å²) in [6, 6.07) is 20.3. The second kappa shape index (κ2) is 5.56. The van der Waals surface area contributed by atoms with E-state index in [1.165, 1.54) is 16.3 Å². The number of rotatable bonds is 3. The highest BCUT2D eigenvalue weighted by Gasteiger charge is 2.02. The molecule has 0 heterocycles. The van der Waals surface area contributed by atoms with Crippen LogP contribution in [0.4, 0.5) is 0 Å². The first-order valence-electron chi connectivity index (χ1n) is 6.59. The summed E-state index contributed by atoms with van der Waals surface area (Å²) in [5.41, 5.74) is 2.26. The Morgan fingerprint density at radius 1 is 0.900 bits per heavy atom. The second-order valence-corrected chi connectivity index (χ2v) is 5.30. The van der Waals surface area contributed by atoms with Crippen molar-refractivity contribution in [3.8, 4) is 5.75 Å². The Bertz CT molecular complexity index is 749. The van der Waals surface area contributed by atoms with Crippen molar-refractivity contribution in [3.63, 3.8) is 0 Å². The van der Waals surface area contributed by atoms with Crippen LogP contribution >= 0.6 is 11.6 Å². The third-order valence-corrected chi connectivity index (χ3v) is 3.69. The fourth-order valence-corrected chi connectivity index (χ4v) is 2.40. The van der Waals surface area contributed by atoms with E-state index in [-0.39, 0.29) is 0 Å². The summed E-state index contributed by atoms with van der Waals surface area (Å²) in [6.07, 6.45) is 0. The van der Waals surface area contributed by atoms with Gasteiger partial charge in [0, 0.05) is 10.6 Å². The maximum absolute atomic E-state index is 6.12. The fourth-order valence-electron chi connectivity index (χ4n) is 2.21. The van der Waals surface area contributed by atoms with Crippen LogP contribution in [0.5, 0.6) is 5.75 Å². The molecule has 100 valence electrons. The Hall–Kier alpha value is -1.99. The van der Waals surface area contributed by atoms with Crippen molar-refractivity contribution >= 4 is 22.4 Å². The van der Waals surface area contributed by atoms with E-state index >= 15 is 0 Å². The van der Waals surface area contributed by atoms with Gasteiger partial charge in [0.15, 0.2) is 0 Å². The summed E-state index contributed by atoms with van der Waals surface area (Å²) in [4.78, 5) is 0. The number of ether oxygens (including phenoxy) is 1. The summed E-state index contributed by atoms with van der Waals surface area (Å²) in [5.74, 6) is 0.862. The van der Waals surface area contributed by atoms with Crippen molar-refractivity contribution in [1.82, 2.24) is 0 Å². The normalized spacial score (nSPS) is 10.7. The molecule has 3 rings (SSSR count). The quantitative estimate of drug-likeness (QED) is 0.626. The lowest BCUT2D eigenvalue weighted by molar-refractivity contribution is 0.307. The number of hydrogen-bond donors (Lipinski definition) is 0. The van der Waals surface area contributed by atoms with Crippen molar-refractivity contribution in [2.75, 3.05) is 0 Å². The van der Waals surface area contributed by atoms with Gasteiger partial charge in [0.25, 0.3) is 0 Å². The first-order valence-corrected chi connectivity index (χ1v) is 6.97. The van der Waals surface area contributed by atoms with Gasteiger partial charge < -0.3 is 4.74 Å². The molecule has 20 heavy (non-hydrogen) atoms. The molecule has 0 aliphatic rings. The molecular formula is C18H15ClO. The van der Waals surface area contributed by atoms with Gasteiger partial charge in [-0.3, -0.25) is 0 Å². The van der Waals surface area contributed by atoms with Gasteiger partial charge in [-0.1, -0.05) is 59.6 Å². The van der Waals surface area contributed by atoms with Crippen molar-refractivity contribution in [1.29, 1.82) is 0 Å². The van der Waals surface area contributed by atoms with Crippen LogP contribution in [-0.4, -0.2) is 0 Å². The van der Waals surface area contributed by atoms with Crippen molar-refractivity contribution in [3.05, 3.63) is 76.8 Å². The molecule has 1 nitrogen and oxygen atoms in total. The Morgan fingerprint density at radius 3 is 2.50 bits per heavy atom. The van der Waals surface area contributed by atoms with Crippen LogP contribution in [-0.2, 0) is 6.61 Å². The van der Waals surface area contributed by atoms with E-state index < -0.39 is 0 Å². The van der Waals surface area contributed by atoms with Crippen LogP contribution in [0.15, 0.2) is 60.7 Å². The summed E-state index contributed by atoms with van der Waals surface area (Å²) >= 11 is 6.12. The van der Waals surface area contributed by atoms with E-state index in [0.29, 0.717) is 6.61 Å². The lowest BCUT2D eigenvalue weighted by atomic mass is 10.1. The number of fused-ring (bicyclic) bond motifs is 1. The summed E-state index contributed by atoms with van der Waals surface area (Å²) in [5, 5.41) is 3.16. The van der Waals surface area contributed by atoms with Crippen LogP contribution in [0, 0.1) is 6.92 Å². The summed E-state index contributed by atoms with van der Waals surface area (Å²) in [6.45, 7) is 2.58. The smallest absolute Gasteiger partial charge is 0.120 e. The fraction of sp³-hybridized carbons (Fsp3) is 0.111. The number of aryl methyl sites for hydroxylation is 1. The van der Waals surface area contributed by atoms with Gasteiger partial charge in [-0.25, -0.2) is 0 Å². The zero-order valence-electron chi connectivity index (χ0n) is 11.3. The standard InChI is InChI=1S/C18H15ClO/c1-13-6-7-15-11-17(9-8-14(15)10-13)20-12-16-4-2-3-5-18(16)19/h2-11H,12H2,1H3. The van der Waals surface area contributed by atoms with E-state index in [1.54, 1.807) is 0 Å². The molecule has 0 saturated carbocycles. The molecular weight excluding hydrogens is 268 g/mol. The lowest BCUT2D eigenvalue weighted by Gasteiger charge is -2.09. The van der Waals surface area contributed by atoms with E-state index in [9.17, 15) is 0 Å². The number of benzene rings is 3. The average Bonchev–Trinajstić information content (AvgIpc) is 2.46. The summed E-state index contributed by atoms with van der Waals surface area (Å²) < 4.78 is 5.83. The van der Waals surface area contributed by atoms with Gasteiger partial charge in [-0.05, 0) is 35.9 Å². The SMILES string of the molecule is Cc1ccc2cc(OCc3ccccc3Cl)ccc2c1. The molecule has 0 unspecified atom stereocenters. The average molecular weight is 283 g/mol. The first-order chi connectivity index (χ1) is 9.72. The molecule has 0 atom stereocenters. The number of halogens is 1. The van der Waals surface area contributed by atoms with Gasteiger partial charge in [0.2, 0.25) is 0 Å². The van der Waals surface area contributed by atoms with Gasteiger partial charge in [0.1, 0.15) is 12.4 Å². The minimum Gasteiger partial charge on any atom is -0.489 e. The zero-order chi connectivity index (χ0) is 13.9. The molecule has 0 saturated heterocycles. The molecule has 3 aromatic rings. The second-order valence-electron chi connectivity index (χ2n) is 4.89. The van der Waals surface area contributed by atoms with Gasteiger partial charge >= 0.3 is 0 Å². The van der Waals surface area contributed by atoms with Crippen LogP contribution in [0.2, 0.25) is 5.02 Å². The van der Waals surface area contributed by atoms with E-state index in [0.717, 1.165) is 16.3 Å². The molecule has 0 N–H and O–H groups in total. The maximum Gasteiger partial charge on any atom is 0.120 e. The summed E-state index contributed by atoms with van der Waals surface area (Å²) in [7, 11) is 0. The Kier molecular flexibility index (Phi) is 3.62. The van der Waals surface area contributed by atoms with Gasteiger partial charge in [-0.15, -0.1) is 0 Å². The molecule has 0 aromatic heterocycles. The highest BCUT2D eigenvalue weighted by molar-refractivity contribution is 6.31. The van der Waals surface area contributed by atoms with Crippen molar-refractivity contribution in [2.45, 2.75) is 13.5 Å². The zero-order valence-corrected chi connectivity index (χ0v) is 12.0. The van der Waals surface area contributed by atoms with Gasteiger partial charge in [-0.2, -0.15) is 0 Å². The first kappa shape index (κ1) is 13.0. The Morgan fingerprint density at radius 2 is 1.65 bits per heavy atom. The highest BCUT2D eigenvalue weighted by atomic mass is 35.5. The van der Waals surface area contributed by atoms with Crippen LogP contribution in [0.1, 0.15) is 11.1 Å². The molecule has 0 aliphatic carbocycles. The third kappa shape index (κ3) is 2.78. The van der Waals surface area contributed by atoms with Crippen molar-refractivity contribution in [2.24, 2.45) is 0 Å². The molecule has 0 amide bonds. The van der Waals surface area contributed by atoms with E-state index in [1.807, 2.05) is 30.3 Å². The predicted octanol–water partition coefficient (Wildman–Crippen LogP) is 5.38. The highest BCUT2D eigenvalue weighted by Crippen LogP contribution is 2.23. The van der Waals surface area contributed by atoms with Crippen LogP contribution in [0.25, 0.3) is 10.8 Å². The van der Waals surface area contributed by atoms with Crippen LogP contribution in [0.3, 0.4) is 0 Å². The van der Waals surface area contributed by atoms with Gasteiger partial charge in [0.05, 0.1) is 0 Å². The Balaban J connectivity index is 1.81. The number of hydrogen-bond acceptors (Lipinski definition) is 1. The molecule has 0 spiro atoms. The van der Waals surface area contributed by atoms with E-state index in [4.69, 9.17) is 16.3 Å². The van der Waals surface area contributed by atoms with Crippen LogP contribution < -0.4 is 4.74 Å².